The number of amides is 1. The van der Waals surface area contributed by atoms with Crippen LogP contribution in [-0.4, -0.2) is 44.9 Å². The summed E-state index contributed by atoms with van der Waals surface area (Å²) in [5.41, 5.74) is 5.08. The largest absolute Gasteiger partial charge is 0.379 e. The van der Waals surface area contributed by atoms with Crippen LogP contribution < -0.4 is 5.73 Å². The van der Waals surface area contributed by atoms with Crippen LogP contribution in [0.3, 0.4) is 0 Å². The number of rotatable bonds is 3. The van der Waals surface area contributed by atoms with E-state index in [1.54, 1.807) is 0 Å². The molecule has 0 unspecified atom stereocenters. The lowest BCUT2D eigenvalue weighted by atomic mass is 10.2. The van der Waals surface area contributed by atoms with Crippen molar-refractivity contribution in [2.75, 3.05) is 26.3 Å². The highest BCUT2D eigenvalue weighted by molar-refractivity contribution is 7.89. The molecule has 110 valence electrons. The highest BCUT2D eigenvalue weighted by Crippen LogP contribution is 2.30. The van der Waals surface area contributed by atoms with Crippen molar-refractivity contribution in [3.8, 4) is 0 Å². The lowest BCUT2D eigenvalue weighted by Gasteiger charge is -2.26. The number of nitrogens with zero attached hydrogens (tertiary/aromatic N) is 1. The number of ether oxygens (including phenoxy) is 1. The molecule has 0 saturated carbocycles. The van der Waals surface area contributed by atoms with Crippen molar-refractivity contribution in [2.24, 2.45) is 5.73 Å². The van der Waals surface area contributed by atoms with Crippen LogP contribution in [0, 0.1) is 0 Å². The zero-order chi connectivity index (χ0) is 14.9. The predicted octanol–water partition coefficient (Wildman–Crippen LogP) is 1.11. The predicted molar refractivity (Wildman–Crippen MR) is 74.6 cm³/mol. The van der Waals surface area contributed by atoms with Gasteiger partial charge in [-0.15, -0.1) is 0 Å². The second-order valence-corrected chi connectivity index (χ2v) is 6.86. The first-order valence-electron chi connectivity index (χ1n) is 5.71. The average molecular weight is 339 g/mol. The molecular formula is C11H12Cl2N2O4S. The van der Waals surface area contributed by atoms with Gasteiger partial charge in [-0.2, -0.15) is 4.31 Å². The third-order valence-corrected chi connectivity index (χ3v) is 5.55. The number of nitrogens with two attached hydrogens (primary N) is 1. The summed E-state index contributed by atoms with van der Waals surface area (Å²) in [6, 6.07) is 2.31. The van der Waals surface area contributed by atoms with Crippen molar-refractivity contribution in [2.45, 2.75) is 4.90 Å². The quantitative estimate of drug-likeness (QED) is 0.893. The fourth-order valence-electron chi connectivity index (χ4n) is 1.84. The second kappa shape index (κ2) is 5.87. The van der Waals surface area contributed by atoms with Gasteiger partial charge in [-0.25, -0.2) is 8.42 Å². The zero-order valence-electron chi connectivity index (χ0n) is 10.3. The van der Waals surface area contributed by atoms with E-state index in [9.17, 15) is 13.2 Å². The maximum absolute atomic E-state index is 12.5. The lowest BCUT2D eigenvalue weighted by molar-refractivity contribution is 0.0730. The first-order chi connectivity index (χ1) is 9.34. The number of hydrogen-bond donors (Lipinski definition) is 1. The Labute approximate surface area is 126 Å². The van der Waals surface area contributed by atoms with E-state index in [4.69, 9.17) is 33.7 Å². The van der Waals surface area contributed by atoms with Crippen molar-refractivity contribution in [3.63, 3.8) is 0 Å². The highest BCUT2D eigenvalue weighted by atomic mass is 35.5. The van der Waals surface area contributed by atoms with Crippen molar-refractivity contribution in [1.82, 2.24) is 4.31 Å². The van der Waals surface area contributed by atoms with Gasteiger partial charge in [0.05, 0.1) is 28.8 Å². The Morgan fingerprint density at radius 1 is 1.20 bits per heavy atom. The Morgan fingerprint density at radius 2 is 1.80 bits per heavy atom. The standard InChI is InChI=1S/C11H12Cl2N2O4S/c12-8-6-9(13)10(5-7(8)11(14)16)20(17,18)15-1-3-19-4-2-15/h5-6H,1-4H2,(H2,14,16). The Kier molecular flexibility index (Phi) is 4.55. The molecule has 1 amide bonds. The molecule has 6 nitrogen and oxygen atoms in total. The molecule has 0 atom stereocenters. The van der Waals surface area contributed by atoms with Gasteiger partial charge in [0.25, 0.3) is 0 Å². The Hall–Kier alpha value is -0.860. The molecule has 1 aromatic rings. The van der Waals surface area contributed by atoms with Crippen LogP contribution in [0.1, 0.15) is 10.4 Å². The number of carbonyl (C=O) groups excluding carboxylic acids is 1. The zero-order valence-corrected chi connectivity index (χ0v) is 12.6. The monoisotopic (exact) mass is 338 g/mol. The van der Waals surface area contributed by atoms with Gasteiger partial charge < -0.3 is 10.5 Å². The third kappa shape index (κ3) is 2.91. The summed E-state index contributed by atoms with van der Waals surface area (Å²) in [5.74, 6) is -0.815. The molecule has 9 heteroatoms. The van der Waals surface area contributed by atoms with Crippen LogP contribution in [0.4, 0.5) is 0 Å². The van der Waals surface area contributed by atoms with Gasteiger partial charge in [0.15, 0.2) is 0 Å². The van der Waals surface area contributed by atoms with Crippen LogP contribution in [0.2, 0.25) is 10.0 Å². The molecule has 1 fully saturated rings. The topological polar surface area (TPSA) is 89.7 Å². The van der Waals surface area contributed by atoms with E-state index in [0.717, 1.165) is 6.07 Å². The molecule has 0 radical (unpaired) electrons. The van der Waals surface area contributed by atoms with E-state index in [1.807, 2.05) is 0 Å². The molecule has 2 rings (SSSR count). The average Bonchev–Trinajstić information content (AvgIpc) is 2.39. The van der Waals surface area contributed by atoms with E-state index < -0.39 is 15.9 Å². The maximum Gasteiger partial charge on any atom is 0.250 e. The smallest absolute Gasteiger partial charge is 0.250 e. The number of morpholine rings is 1. The molecule has 1 aromatic carbocycles. The van der Waals surface area contributed by atoms with Crippen LogP contribution in [0.5, 0.6) is 0 Å². The fraction of sp³-hybridized carbons (Fsp3) is 0.364. The minimum Gasteiger partial charge on any atom is -0.379 e. The van der Waals surface area contributed by atoms with Crippen LogP contribution in [-0.2, 0) is 14.8 Å². The number of halogens is 2. The molecule has 0 bridgehead atoms. The van der Waals surface area contributed by atoms with Gasteiger partial charge >= 0.3 is 0 Å². The molecule has 0 aromatic heterocycles. The molecule has 1 saturated heterocycles. The van der Waals surface area contributed by atoms with Gasteiger partial charge in [-0.3, -0.25) is 4.79 Å². The van der Waals surface area contributed by atoms with Crippen molar-refractivity contribution in [3.05, 3.63) is 27.7 Å². The molecular weight excluding hydrogens is 327 g/mol. The van der Waals surface area contributed by atoms with Gasteiger partial charge in [0.1, 0.15) is 4.90 Å². The molecule has 0 spiro atoms. The lowest BCUT2D eigenvalue weighted by Crippen LogP contribution is -2.40. The number of benzene rings is 1. The second-order valence-electron chi connectivity index (χ2n) is 4.14. The van der Waals surface area contributed by atoms with Crippen LogP contribution in [0.15, 0.2) is 17.0 Å². The summed E-state index contributed by atoms with van der Waals surface area (Å²) in [7, 11) is -3.81. The SMILES string of the molecule is NC(=O)c1cc(S(=O)(=O)N2CCOCC2)c(Cl)cc1Cl. The van der Waals surface area contributed by atoms with Crippen molar-refractivity contribution in [1.29, 1.82) is 0 Å². The maximum atomic E-state index is 12.5. The van der Waals surface area contributed by atoms with E-state index >= 15 is 0 Å². The molecule has 1 heterocycles. The van der Waals surface area contributed by atoms with E-state index in [1.165, 1.54) is 10.4 Å². The number of hydrogen-bond acceptors (Lipinski definition) is 4. The number of carbonyl (C=O) groups is 1. The van der Waals surface area contributed by atoms with Gasteiger partial charge in [-0.1, -0.05) is 23.2 Å². The molecule has 1 aliphatic rings. The first-order valence-corrected chi connectivity index (χ1v) is 7.90. The highest BCUT2D eigenvalue weighted by Gasteiger charge is 2.29. The summed E-state index contributed by atoms with van der Waals surface area (Å²) in [6.45, 7) is 1.08. The van der Waals surface area contributed by atoms with Crippen molar-refractivity contribution < 1.29 is 17.9 Å². The number of sulfonamides is 1. The van der Waals surface area contributed by atoms with Crippen molar-refractivity contribution >= 4 is 39.1 Å². The first kappa shape index (κ1) is 15.5. The Bertz CT molecular complexity index is 642. The summed E-state index contributed by atoms with van der Waals surface area (Å²) in [5, 5.41) is -0.0325. The molecule has 2 N–H and O–H groups in total. The van der Waals surface area contributed by atoms with E-state index in [2.05, 4.69) is 0 Å². The minimum atomic E-state index is -3.81. The van der Waals surface area contributed by atoms with Gasteiger partial charge in [0, 0.05) is 13.1 Å². The normalized spacial score (nSPS) is 17.1. The molecule has 1 aliphatic heterocycles. The van der Waals surface area contributed by atoms with Crippen LogP contribution in [0.25, 0.3) is 0 Å². The van der Waals surface area contributed by atoms with E-state index in [0.29, 0.717) is 13.2 Å². The van der Waals surface area contributed by atoms with Gasteiger partial charge in [0.2, 0.25) is 15.9 Å². The summed E-state index contributed by atoms with van der Waals surface area (Å²) >= 11 is 11.8. The van der Waals surface area contributed by atoms with Gasteiger partial charge in [-0.05, 0) is 12.1 Å². The third-order valence-electron chi connectivity index (χ3n) is 2.87. The summed E-state index contributed by atoms with van der Waals surface area (Å²) < 4.78 is 31.3. The van der Waals surface area contributed by atoms with Crippen LogP contribution >= 0.6 is 23.2 Å². The Morgan fingerprint density at radius 3 is 2.35 bits per heavy atom. The van der Waals surface area contributed by atoms with E-state index in [-0.39, 0.29) is 33.6 Å². The number of primary amides is 1. The molecule has 0 aliphatic carbocycles. The summed E-state index contributed by atoms with van der Waals surface area (Å²) in [4.78, 5) is 11.1. The Balaban J connectivity index is 2.50. The fourth-order valence-corrected chi connectivity index (χ4v) is 4.09. The summed E-state index contributed by atoms with van der Waals surface area (Å²) in [6.07, 6.45) is 0. The molecule has 20 heavy (non-hydrogen) atoms. The minimum absolute atomic E-state index is 0.0171.